The number of aryl methyl sites for hydroxylation is 2. The third-order valence-electron chi connectivity index (χ3n) is 6.34. The summed E-state index contributed by atoms with van der Waals surface area (Å²) in [6.45, 7) is 5.67. The highest BCUT2D eigenvalue weighted by Gasteiger charge is 2.33. The summed E-state index contributed by atoms with van der Waals surface area (Å²) in [4.78, 5) is 26.3. The Kier molecular flexibility index (Phi) is 5.21. The molecule has 2 aromatic carbocycles. The lowest BCUT2D eigenvalue weighted by Crippen LogP contribution is -2.37. The minimum absolute atomic E-state index is 0.294. The fraction of sp³-hybridized carbons (Fsp3) is 0.308. The third kappa shape index (κ3) is 3.31. The monoisotopic (exact) mass is 445 g/mol. The number of ether oxygens (including phenoxy) is 2. The zero-order chi connectivity index (χ0) is 23.3. The van der Waals surface area contributed by atoms with Gasteiger partial charge in [-0.1, -0.05) is 35.9 Å². The smallest absolute Gasteiger partial charge is 0.331 e. The summed E-state index contributed by atoms with van der Waals surface area (Å²) in [6.07, 6.45) is -0.409. The Morgan fingerprint density at radius 1 is 1.06 bits per heavy atom. The molecule has 170 valence electrons. The van der Waals surface area contributed by atoms with Gasteiger partial charge in [0.1, 0.15) is 11.9 Å². The van der Waals surface area contributed by atoms with Crippen LogP contribution in [0, 0.1) is 6.92 Å². The van der Waals surface area contributed by atoms with Crippen LogP contribution in [0.4, 0.5) is 0 Å². The van der Waals surface area contributed by atoms with E-state index >= 15 is 0 Å². The van der Waals surface area contributed by atoms with E-state index in [-0.39, 0.29) is 11.2 Å². The number of fused-ring (bicyclic) bond motifs is 3. The van der Waals surface area contributed by atoms with Gasteiger partial charge in [0.25, 0.3) is 5.56 Å². The van der Waals surface area contributed by atoms with E-state index in [4.69, 9.17) is 9.47 Å². The van der Waals surface area contributed by atoms with E-state index in [2.05, 4.69) is 10.6 Å². The van der Waals surface area contributed by atoms with Crippen molar-refractivity contribution in [2.45, 2.75) is 26.5 Å². The predicted molar refractivity (Wildman–Crippen MR) is 128 cm³/mol. The molecular formula is C26H27N3O4. The molecule has 1 aliphatic heterocycles. The fourth-order valence-electron chi connectivity index (χ4n) is 4.83. The van der Waals surface area contributed by atoms with Crippen LogP contribution >= 0.6 is 0 Å². The molecular weight excluding hydrogens is 418 g/mol. The van der Waals surface area contributed by atoms with Crippen LogP contribution in [0.2, 0.25) is 0 Å². The van der Waals surface area contributed by atoms with Crippen LogP contribution in [0.3, 0.4) is 0 Å². The van der Waals surface area contributed by atoms with Crippen molar-refractivity contribution in [2.24, 2.45) is 14.1 Å². The Balaban J connectivity index is 1.85. The van der Waals surface area contributed by atoms with Gasteiger partial charge in [-0.3, -0.25) is 13.9 Å². The van der Waals surface area contributed by atoms with Gasteiger partial charge in [0, 0.05) is 20.6 Å². The van der Waals surface area contributed by atoms with E-state index in [0.29, 0.717) is 30.7 Å². The van der Waals surface area contributed by atoms with E-state index in [1.165, 1.54) is 11.6 Å². The molecule has 1 aliphatic rings. The molecule has 0 radical (unpaired) electrons. The Bertz CT molecular complexity index is 1470. The molecule has 0 fully saturated rings. The maximum Gasteiger partial charge on any atom is 0.331 e. The molecule has 0 saturated heterocycles. The summed E-state index contributed by atoms with van der Waals surface area (Å²) < 4.78 is 16.7. The van der Waals surface area contributed by atoms with Gasteiger partial charge < -0.3 is 14.0 Å². The van der Waals surface area contributed by atoms with Crippen LogP contribution in [0.15, 0.2) is 58.1 Å². The summed E-state index contributed by atoms with van der Waals surface area (Å²) in [6, 6.07) is 15.9. The molecule has 5 rings (SSSR count). The summed E-state index contributed by atoms with van der Waals surface area (Å²) in [5, 5.41) is 0.543. The van der Waals surface area contributed by atoms with Crippen LogP contribution in [0.1, 0.15) is 29.8 Å². The molecule has 0 spiro atoms. The van der Waals surface area contributed by atoms with Crippen LogP contribution in [-0.4, -0.2) is 26.9 Å². The number of nitrogens with zero attached hydrogens (tertiary/aromatic N) is 3. The lowest BCUT2D eigenvalue weighted by Gasteiger charge is -2.28. The minimum atomic E-state index is -0.409. The molecule has 4 aromatic rings. The molecule has 0 aliphatic carbocycles. The second kappa shape index (κ2) is 8.08. The summed E-state index contributed by atoms with van der Waals surface area (Å²) in [5.74, 6) is 0.791. The quantitative estimate of drug-likeness (QED) is 0.482. The van der Waals surface area contributed by atoms with Gasteiger partial charge in [-0.05, 0) is 43.2 Å². The summed E-state index contributed by atoms with van der Waals surface area (Å²) in [7, 11) is 3.25. The summed E-state index contributed by atoms with van der Waals surface area (Å²) in [5.41, 5.74) is 4.64. The van der Waals surface area contributed by atoms with Crippen LogP contribution in [-0.2, 0) is 25.4 Å². The van der Waals surface area contributed by atoms with E-state index in [0.717, 1.165) is 33.8 Å². The predicted octanol–water partition coefficient (Wildman–Crippen LogP) is 3.53. The molecule has 0 N–H and O–H groups in total. The molecule has 7 heteroatoms. The lowest BCUT2D eigenvalue weighted by molar-refractivity contribution is 0.0478. The minimum Gasteiger partial charge on any atom is -0.494 e. The number of benzene rings is 2. The highest BCUT2D eigenvalue weighted by Crippen LogP contribution is 2.40. The highest BCUT2D eigenvalue weighted by atomic mass is 16.5. The molecule has 3 heterocycles. The normalized spacial score (nSPS) is 15.6. The molecule has 1 atom stereocenters. The van der Waals surface area contributed by atoms with Crippen molar-refractivity contribution < 1.29 is 9.47 Å². The molecule has 0 saturated carbocycles. The Hall–Kier alpha value is -3.58. The Labute approximate surface area is 191 Å². The average Bonchev–Trinajstić information content (AvgIpc) is 3.18. The standard InChI is InChI=1S/C26H27N3O4/c1-5-32-19-11-9-17(10-12-19)24-23-22-20(25(30)28(4)26(31)27(22)3)21(29(23)13-14-33-24)18-8-6-7-16(2)15-18/h6-12,15,24H,5,13-14H2,1-4H3. The van der Waals surface area contributed by atoms with Crippen molar-refractivity contribution in [3.63, 3.8) is 0 Å². The molecule has 7 nitrogen and oxygen atoms in total. The van der Waals surface area contributed by atoms with Gasteiger partial charge in [-0.15, -0.1) is 0 Å². The number of rotatable bonds is 4. The van der Waals surface area contributed by atoms with Crippen LogP contribution < -0.4 is 16.0 Å². The molecule has 0 bridgehead atoms. The second-order valence-electron chi connectivity index (χ2n) is 8.44. The Morgan fingerprint density at radius 2 is 1.82 bits per heavy atom. The van der Waals surface area contributed by atoms with Gasteiger partial charge >= 0.3 is 5.69 Å². The van der Waals surface area contributed by atoms with Crippen LogP contribution in [0.25, 0.3) is 22.2 Å². The first kappa shape index (κ1) is 21.3. The number of hydrogen-bond acceptors (Lipinski definition) is 4. The van der Waals surface area contributed by atoms with Crippen molar-refractivity contribution >= 4 is 10.9 Å². The average molecular weight is 446 g/mol. The maximum absolute atomic E-state index is 13.4. The van der Waals surface area contributed by atoms with Crippen molar-refractivity contribution in [3.05, 3.63) is 86.2 Å². The molecule has 2 aromatic heterocycles. The van der Waals surface area contributed by atoms with Crippen molar-refractivity contribution in [1.82, 2.24) is 13.7 Å². The highest BCUT2D eigenvalue weighted by molar-refractivity contribution is 5.96. The first-order valence-corrected chi connectivity index (χ1v) is 11.2. The van der Waals surface area contributed by atoms with Crippen molar-refractivity contribution in [2.75, 3.05) is 13.2 Å². The van der Waals surface area contributed by atoms with Gasteiger partial charge in [0.05, 0.1) is 35.5 Å². The van der Waals surface area contributed by atoms with Crippen molar-refractivity contribution in [1.29, 1.82) is 0 Å². The molecule has 0 amide bonds. The van der Waals surface area contributed by atoms with Crippen LogP contribution in [0.5, 0.6) is 5.75 Å². The SMILES string of the molecule is CCOc1ccc(C2OCCn3c(-c4cccc(C)c4)c4c(=O)n(C)c(=O)n(C)c4c32)cc1. The fourth-order valence-corrected chi connectivity index (χ4v) is 4.83. The van der Waals surface area contributed by atoms with E-state index in [9.17, 15) is 9.59 Å². The third-order valence-corrected chi connectivity index (χ3v) is 6.34. The van der Waals surface area contributed by atoms with Gasteiger partial charge in [-0.2, -0.15) is 0 Å². The molecule has 33 heavy (non-hydrogen) atoms. The van der Waals surface area contributed by atoms with Gasteiger partial charge in [-0.25, -0.2) is 4.79 Å². The maximum atomic E-state index is 13.4. The first-order chi connectivity index (χ1) is 15.9. The lowest BCUT2D eigenvalue weighted by atomic mass is 10.0. The second-order valence-corrected chi connectivity index (χ2v) is 8.44. The largest absolute Gasteiger partial charge is 0.494 e. The summed E-state index contributed by atoms with van der Waals surface area (Å²) >= 11 is 0. The van der Waals surface area contributed by atoms with E-state index in [1.54, 1.807) is 11.6 Å². The van der Waals surface area contributed by atoms with Crippen molar-refractivity contribution in [3.8, 4) is 17.0 Å². The van der Waals surface area contributed by atoms with E-state index in [1.807, 2.05) is 56.3 Å². The van der Waals surface area contributed by atoms with Gasteiger partial charge in [0.15, 0.2) is 0 Å². The zero-order valence-electron chi connectivity index (χ0n) is 19.3. The topological polar surface area (TPSA) is 67.4 Å². The van der Waals surface area contributed by atoms with E-state index < -0.39 is 6.10 Å². The number of aromatic nitrogens is 3. The zero-order valence-corrected chi connectivity index (χ0v) is 19.3. The number of hydrogen-bond donors (Lipinski definition) is 0. The van der Waals surface area contributed by atoms with Gasteiger partial charge in [0.2, 0.25) is 0 Å². The molecule has 1 unspecified atom stereocenters. The Morgan fingerprint density at radius 3 is 2.52 bits per heavy atom. The first-order valence-electron chi connectivity index (χ1n) is 11.2.